The van der Waals surface area contributed by atoms with Gasteiger partial charge in [0.25, 0.3) is 0 Å². The van der Waals surface area contributed by atoms with Crippen LogP contribution in [0.3, 0.4) is 0 Å². The molecule has 76 valence electrons. The molecule has 0 saturated carbocycles. The summed E-state index contributed by atoms with van der Waals surface area (Å²) in [5.74, 6) is 3.32. The SMILES string of the molecule is OCCCc1ccccc1C1CSC1. The van der Waals surface area contributed by atoms with Crippen molar-refractivity contribution in [1.82, 2.24) is 0 Å². The topological polar surface area (TPSA) is 20.2 Å². The van der Waals surface area contributed by atoms with E-state index in [1.165, 1.54) is 22.6 Å². The van der Waals surface area contributed by atoms with Crippen molar-refractivity contribution in [1.29, 1.82) is 0 Å². The summed E-state index contributed by atoms with van der Waals surface area (Å²) >= 11 is 2.02. The summed E-state index contributed by atoms with van der Waals surface area (Å²) in [7, 11) is 0. The second-order valence-corrected chi connectivity index (χ2v) is 4.84. The fraction of sp³-hybridized carbons (Fsp3) is 0.500. The Morgan fingerprint density at radius 2 is 2.07 bits per heavy atom. The summed E-state index contributed by atoms with van der Waals surface area (Å²) in [6.45, 7) is 0.299. The smallest absolute Gasteiger partial charge is 0.0434 e. The lowest BCUT2D eigenvalue weighted by molar-refractivity contribution is 0.288. The van der Waals surface area contributed by atoms with Crippen molar-refractivity contribution in [2.75, 3.05) is 18.1 Å². The molecule has 1 nitrogen and oxygen atoms in total. The molecule has 0 aromatic heterocycles. The van der Waals surface area contributed by atoms with Gasteiger partial charge in [-0.1, -0.05) is 24.3 Å². The van der Waals surface area contributed by atoms with Gasteiger partial charge in [-0.15, -0.1) is 0 Å². The summed E-state index contributed by atoms with van der Waals surface area (Å²) in [5.41, 5.74) is 2.95. The lowest BCUT2D eigenvalue weighted by Crippen LogP contribution is -2.17. The highest BCUT2D eigenvalue weighted by molar-refractivity contribution is 8.00. The Morgan fingerprint density at radius 1 is 1.29 bits per heavy atom. The maximum absolute atomic E-state index is 8.82. The van der Waals surface area contributed by atoms with Crippen LogP contribution in [0.2, 0.25) is 0 Å². The van der Waals surface area contributed by atoms with Crippen LogP contribution in [0.5, 0.6) is 0 Å². The zero-order chi connectivity index (χ0) is 9.80. The molecule has 1 aromatic carbocycles. The number of thioether (sulfide) groups is 1. The molecular formula is C12H16OS. The first kappa shape index (κ1) is 10.1. The second-order valence-electron chi connectivity index (χ2n) is 3.76. The molecule has 0 atom stereocenters. The minimum atomic E-state index is 0.299. The van der Waals surface area contributed by atoms with Crippen LogP contribution in [0.4, 0.5) is 0 Å². The van der Waals surface area contributed by atoms with E-state index in [0.717, 1.165) is 18.8 Å². The second kappa shape index (κ2) is 4.85. The number of hydrogen-bond donors (Lipinski definition) is 1. The fourth-order valence-electron chi connectivity index (χ4n) is 1.84. The van der Waals surface area contributed by atoms with Crippen LogP contribution in [-0.2, 0) is 6.42 Å². The van der Waals surface area contributed by atoms with Gasteiger partial charge in [-0.2, -0.15) is 11.8 Å². The number of rotatable bonds is 4. The Kier molecular flexibility index (Phi) is 3.49. The third-order valence-corrected chi connectivity index (χ3v) is 4.01. The van der Waals surface area contributed by atoms with Gasteiger partial charge in [-0.05, 0) is 24.0 Å². The normalized spacial score (nSPS) is 16.6. The van der Waals surface area contributed by atoms with Crippen LogP contribution >= 0.6 is 11.8 Å². The average molecular weight is 208 g/mol. The van der Waals surface area contributed by atoms with Crippen LogP contribution < -0.4 is 0 Å². The number of hydrogen-bond acceptors (Lipinski definition) is 2. The van der Waals surface area contributed by atoms with Gasteiger partial charge in [0.15, 0.2) is 0 Å². The van der Waals surface area contributed by atoms with Crippen molar-refractivity contribution in [3.63, 3.8) is 0 Å². The highest BCUT2D eigenvalue weighted by Crippen LogP contribution is 2.35. The predicted molar refractivity (Wildman–Crippen MR) is 61.9 cm³/mol. The number of aryl methyl sites for hydroxylation is 1. The molecular weight excluding hydrogens is 192 g/mol. The van der Waals surface area contributed by atoms with E-state index in [1.54, 1.807) is 0 Å². The molecule has 1 fully saturated rings. The Hall–Kier alpha value is -0.470. The molecule has 2 rings (SSSR count). The Bertz CT molecular complexity index is 294. The van der Waals surface area contributed by atoms with Gasteiger partial charge in [0.1, 0.15) is 0 Å². The van der Waals surface area contributed by atoms with Crippen molar-refractivity contribution in [2.24, 2.45) is 0 Å². The Balaban J connectivity index is 2.11. The van der Waals surface area contributed by atoms with Crippen LogP contribution in [0, 0.1) is 0 Å². The van der Waals surface area contributed by atoms with E-state index in [1.807, 2.05) is 11.8 Å². The first-order valence-corrected chi connectivity index (χ1v) is 6.33. The van der Waals surface area contributed by atoms with Crippen LogP contribution in [0.1, 0.15) is 23.5 Å². The van der Waals surface area contributed by atoms with Gasteiger partial charge >= 0.3 is 0 Å². The van der Waals surface area contributed by atoms with E-state index in [9.17, 15) is 0 Å². The number of benzene rings is 1. The van der Waals surface area contributed by atoms with Crippen molar-refractivity contribution >= 4 is 11.8 Å². The molecule has 0 bridgehead atoms. The Morgan fingerprint density at radius 3 is 2.71 bits per heavy atom. The molecule has 0 amide bonds. The zero-order valence-corrected chi connectivity index (χ0v) is 9.09. The zero-order valence-electron chi connectivity index (χ0n) is 8.28. The summed E-state index contributed by atoms with van der Waals surface area (Å²) in [4.78, 5) is 0. The van der Waals surface area contributed by atoms with Crippen LogP contribution in [-0.4, -0.2) is 23.2 Å². The van der Waals surface area contributed by atoms with E-state index in [4.69, 9.17) is 5.11 Å². The maximum atomic E-state index is 8.82. The van der Waals surface area contributed by atoms with E-state index in [0.29, 0.717) is 6.61 Å². The highest BCUT2D eigenvalue weighted by atomic mass is 32.2. The van der Waals surface area contributed by atoms with Crippen LogP contribution in [0.15, 0.2) is 24.3 Å². The molecule has 1 aromatic rings. The lowest BCUT2D eigenvalue weighted by Gasteiger charge is -2.27. The van der Waals surface area contributed by atoms with E-state index in [-0.39, 0.29) is 0 Å². The standard InChI is InChI=1S/C12H16OS/c13-7-3-5-10-4-1-2-6-12(10)11-8-14-9-11/h1-2,4,6,11,13H,3,5,7-9H2. The summed E-state index contributed by atoms with van der Waals surface area (Å²) in [5, 5.41) is 8.82. The molecule has 2 heteroatoms. The first-order valence-electron chi connectivity index (χ1n) is 5.18. The summed E-state index contributed by atoms with van der Waals surface area (Å²) in [6.07, 6.45) is 1.91. The molecule has 0 spiro atoms. The monoisotopic (exact) mass is 208 g/mol. The van der Waals surface area contributed by atoms with Gasteiger partial charge in [0, 0.05) is 24.0 Å². The molecule has 1 heterocycles. The quantitative estimate of drug-likeness (QED) is 0.820. The van der Waals surface area contributed by atoms with Gasteiger partial charge in [0.05, 0.1) is 0 Å². The minimum absolute atomic E-state index is 0.299. The largest absolute Gasteiger partial charge is 0.396 e. The predicted octanol–water partition coefficient (Wildman–Crippen LogP) is 2.44. The lowest BCUT2D eigenvalue weighted by atomic mass is 9.94. The van der Waals surface area contributed by atoms with E-state index < -0.39 is 0 Å². The maximum Gasteiger partial charge on any atom is 0.0434 e. The van der Waals surface area contributed by atoms with Gasteiger partial charge in [0.2, 0.25) is 0 Å². The molecule has 0 aliphatic carbocycles. The van der Waals surface area contributed by atoms with Crippen LogP contribution in [0.25, 0.3) is 0 Å². The Labute approximate surface area is 89.5 Å². The van der Waals surface area contributed by atoms with Crippen molar-refractivity contribution < 1.29 is 5.11 Å². The number of aliphatic hydroxyl groups excluding tert-OH is 1. The van der Waals surface area contributed by atoms with Crippen molar-refractivity contribution in [3.05, 3.63) is 35.4 Å². The van der Waals surface area contributed by atoms with Gasteiger partial charge < -0.3 is 5.11 Å². The molecule has 1 N–H and O–H groups in total. The van der Waals surface area contributed by atoms with Crippen molar-refractivity contribution in [2.45, 2.75) is 18.8 Å². The summed E-state index contributed by atoms with van der Waals surface area (Å²) in [6, 6.07) is 8.67. The van der Waals surface area contributed by atoms with Crippen molar-refractivity contribution in [3.8, 4) is 0 Å². The molecule has 0 radical (unpaired) electrons. The van der Waals surface area contributed by atoms with Gasteiger partial charge in [-0.3, -0.25) is 0 Å². The van der Waals surface area contributed by atoms with E-state index in [2.05, 4.69) is 24.3 Å². The van der Waals surface area contributed by atoms with Gasteiger partial charge in [-0.25, -0.2) is 0 Å². The molecule has 1 saturated heterocycles. The van der Waals surface area contributed by atoms with E-state index >= 15 is 0 Å². The average Bonchev–Trinajstić information content (AvgIpc) is 2.14. The molecule has 14 heavy (non-hydrogen) atoms. The minimum Gasteiger partial charge on any atom is -0.396 e. The fourth-order valence-corrected chi connectivity index (χ4v) is 2.68. The molecule has 1 aliphatic rings. The first-order chi connectivity index (χ1) is 6.92. The highest BCUT2D eigenvalue weighted by Gasteiger charge is 2.21. The third-order valence-electron chi connectivity index (χ3n) is 2.74. The summed E-state index contributed by atoms with van der Waals surface area (Å²) < 4.78 is 0. The molecule has 1 aliphatic heterocycles. The third kappa shape index (κ3) is 2.12. The molecule has 0 unspecified atom stereocenters. The number of aliphatic hydroxyl groups is 1.